The number of hydrogen-bond acceptors (Lipinski definition) is 5. The molecule has 2 aliphatic rings. The van der Waals surface area contributed by atoms with Gasteiger partial charge in [-0.15, -0.1) is 0 Å². The van der Waals surface area contributed by atoms with Crippen molar-refractivity contribution in [1.82, 2.24) is 0 Å². The summed E-state index contributed by atoms with van der Waals surface area (Å²) >= 11 is 0. The van der Waals surface area contributed by atoms with Gasteiger partial charge in [0, 0.05) is 0 Å². The lowest BCUT2D eigenvalue weighted by Crippen LogP contribution is -2.65. The van der Waals surface area contributed by atoms with E-state index in [-0.39, 0.29) is 40.7 Å². The van der Waals surface area contributed by atoms with Crippen LogP contribution in [-0.2, 0) is 18.3 Å². The molecule has 0 radical (unpaired) electrons. The van der Waals surface area contributed by atoms with Crippen LogP contribution in [0.25, 0.3) is 0 Å². The molecule has 7 heteroatoms. The second-order valence-electron chi connectivity index (χ2n) is 10.6. The fourth-order valence-electron chi connectivity index (χ4n) is 2.72. The first kappa shape index (κ1) is 21.5. The minimum absolute atomic E-state index is 0.0895. The molecular formula is C18H39NO4Si2. The summed E-state index contributed by atoms with van der Waals surface area (Å²) in [6.45, 7) is 23.0. The van der Waals surface area contributed by atoms with Crippen molar-refractivity contribution < 1.29 is 18.3 Å². The Kier molecular flexibility index (Phi) is 5.76. The Labute approximate surface area is 156 Å². The largest absolute Gasteiger partial charge is 0.409 e. The monoisotopic (exact) mass is 389 g/mol. The van der Waals surface area contributed by atoms with Crippen LogP contribution in [0.15, 0.2) is 0 Å². The Morgan fingerprint density at radius 1 is 0.840 bits per heavy atom. The molecule has 2 saturated heterocycles. The van der Waals surface area contributed by atoms with E-state index < -0.39 is 16.6 Å². The third-order valence-electron chi connectivity index (χ3n) is 6.60. The molecule has 5 nitrogen and oxygen atoms in total. The zero-order valence-electron chi connectivity index (χ0n) is 17.8. The van der Waals surface area contributed by atoms with Crippen molar-refractivity contribution in [2.75, 3.05) is 6.61 Å². The second-order valence-corrected chi connectivity index (χ2v) is 20.2. The summed E-state index contributed by atoms with van der Waals surface area (Å²) in [5.74, 6) is 0. The van der Waals surface area contributed by atoms with Crippen LogP contribution < -0.4 is 5.73 Å². The molecule has 5 atom stereocenters. The van der Waals surface area contributed by atoms with E-state index in [0.717, 1.165) is 0 Å². The van der Waals surface area contributed by atoms with Gasteiger partial charge in [-0.2, -0.15) is 0 Å². The Bertz CT molecular complexity index is 442. The minimum Gasteiger partial charge on any atom is -0.409 e. The van der Waals surface area contributed by atoms with Gasteiger partial charge in [0.2, 0.25) is 0 Å². The molecule has 2 N–H and O–H groups in total. The lowest BCUT2D eigenvalue weighted by molar-refractivity contribution is -0.182. The highest BCUT2D eigenvalue weighted by molar-refractivity contribution is 6.74. The van der Waals surface area contributed by atoms with Gasteiger partial charge < -0.3 is 24.1 Å². The summed E-state index contributed by atoms with van der Waals surface area (Å²) in [5, 5.41) is 0.233. The molecular weight excluding hydrogens is 350 g/mol. The lowest BCUT2D eigenvalue weighted by atomic mass is 9.99. The molecule has 0 aromatic rings. The molecule has 0 saturated carbocycles. The van der Waals surface area contributed by atoms with Gasteiger partial charge in [0.05, 0.1) is 18.8 Å². The highest BCUT2D eigenvalue weighted by Crippen LogP contribution is 2.43. The van der Waals surface area contributed by atoms with E-state index in [4.69, 9.17) is 24.1 Å². The molecule has 0 amide bonds. The first-order chi connectivity index (χ1) is 11.1. The molecule has 2 heterocycles. The standard InChI is InChI=1S/C18H39NO4Si2/c1-17(2,3)24(7,8)22-14-12-11-20-16(21-12)15(13(14)19)23-25(9,10)18(4,5)6/h12-16H,11,19H2,1-10H3/t12-,13+,14-,15-,16-/m1/s1. The van der Waals surface area contributed by atoms with E-state index in [1.165, 1.54) is 0 Å². The number of fused-ring (bicyclic) bond motifs is 2. The smallest absolute Gasteiger partial charge is 0.192 e. The highest BCUT2D eigenvalue weighted by Gasteiger charge is 2.55. The van der Waals surface area contributed by atoms with Gasteiger partial charge in [0.15, 0.2) is 22.9 Å². The Morgan fingerprint density at radius 2 is 1.28 bits per heavy atom. The Balaban J connectivity index is 2.21. The molecule has 25 heavy (non-hydrogen) atoms. The quantitative estimate of drug-likeness (QED) is 0.740. The Hall–Kier alpha value is 0.234. The van der Waals surface area contributed by atoms with E-state index in [1.54, 1.807) is 0 Å². The number of rotatable bonds is 4. The maximum Gasteiger partial charge on any atom is 0.192 e. The zero-order chi connectivity index (χ0) is 19.4. The van der Waals surface area contributed by atoms with Crippen LogP contribution in [0.2, 0.25) is 36.3 Å². The average Bonchev–Trinajstić information content (AvgIpc) is 2.83. The van der Waals surface area contributed by atoms with Crippen molar-refractivity contribution in [2.45, 2.75) is 108 Å². The molecule has 0 aromatic heterocycles. The highest BCUT2D eigenvalue weighted by atomic mass is 28.4. The van der Waals surface area contributed by atoms with Gasteiger partial charge >= 0.3 is 0 Å². The van der Waals surface area contributed by atoms with E-state index in [9.17, 15) is 0 Å². The van der Waals surface area contributed by atoms with Crippen molar-refractivity contribution in [3.63, 3.8) is 0 Å². The summed E-state index contributed by atoms with van der Waals surface area (Å²) in [7, 11) is -3.94. The normalized spacial score (nSPS) is 34.4. The first-order valence-electron chi connectivity index (χ1n) is 9.45. The molecule has 0 unspecified atom stereocenters. The van der Waals surface area contributed by atoms with Crippen LogP contribution in [0.4, 0.5) is 0 Å². The van der Waals surface area contributed by atoms with E-state index in [0.29, 0.717) is 6.61 Å². The zero-order valence-corrected chi connectivity index (χ0v) is 19.8. The molecule has 2 aliphatic heterocycles. The molecule has 148 valence electrons. The molecule has 2 rings (SSSR count). The van der Waals surface area contributed by atoms with Gasteiger partial charge in [-0.3, -0.25) is 0 Å². The van der Waals surface area contributed by atoms with E-state index >= 15 is 0 Å². The molecule has 2 bridgehead atoms. The van der Waals surface area contributed by atoms with Gasteiger partial charge in [0.1, 0.15) is 12.2 Å². The summed E-state index contributed by atoms with van der Waals surface area (Å²) in [5.41, 5.74) is 6.68. The van der Waals surface area contributed by atoms with Gasteiger partial charge in [-0.25, -0.2) is 0 Å². The SMILES string of the molecule is CC(C)(C)[Si](C)(C)O[C@H]1[C@@H]2OC[C@@H](O2)[C@@H](O[Si](C)(C)C(C)(C)C)[C@@H]1N. The van der Waals surface area contributed by atoms with Crippen molar-refractivity contribution in [2.24, 2.45) is 5.73 Å². The van der Waals surface area contributed by atoms with Crippen LogP contribution >= 0.6 is 0 Å². The summed E-state index contributed by atoms with van der Waals surface area (Å²) in [6.07, 6.45) is -0.898. The minimum atomic E-state index is -1.98. The summed E-state index contributed by atoms with van der Waals surface area (Å²) in [4.78, 5) is 0. The summed E-state index contributed by atoms with van der Waals surface area (Å²) in [6, 6.07) is -0.227. The molecule has 0 spiro atoms. The van der Waals surface area contributed by atoms with Crippen molar-refractivity contribution >= 4 is 16.6 Å². The molecule has 2 fully saturated rings. The van der Waals surface area contributed by atoms with E-state index in [2.05, 4.69) is 67.7 Å². The predicted octanol–water partition coefficient (Wildman–Crippen LogP) is 3.85. The number of nitrogens with two attached hydrogens (primary N) is 1. The van der Waals surface area contributed by atoms with Crippen LogP contribution in [-0.4, -0.2) is 53.9 Å². The van der Waals surface area contributed by atoms with Gasteiger partial charge in [-0.05, 0) is 36.3 Å². The topological polar surface area (TPSA) is 62.9 Å². The van der Waals surface area contributed by atoms with Crippen LogP contribution in [0.5, 0.6) is 0 Å². The second kappa shape index (κ2) is 6.69. The van der Waals surface area contributed by atoms with Crippen LogP contribution in [0.1, 0.15) is 41.5 Å². The number of hydrogen-bond donors (Lipinski definition) is 1. The maximum atomic E-state index is 6.68. The van der Waals surface area contributed by atoms with Crippen molar-refractivity contribution in [3.05, 3.63) is 0 Å². The lowest BCUT2D eigenvalue weighted by Gasteiger charge is -2.48. The average molecular weight is 390 g/mol. The summed E-state index contributed by atoms with van der Waals surface area (Å²) < 4.78 is 25.3. The van der Waals surface area contributed by atoms with Crippen LogP contribution in [0.3, 0.4) is 0 Å². The fourth-order valence-corrected chi connectivity index (χ4v) is 5.37. The van der Waals surface area contributed by atoms with E-state index in [1.807, 2.05) is 0 Å². The third-order valence-corrected chi connectivity index (χ3v) is 15.5. The molecule has 0 aliphatic carbocycles. The van der Waals surface area contributed by atoms with Crippen LogP contribution in [0, 0.1) is 0 Å². The molecule has 0 aromatic carbocycles. The van der Waals surface area contributed by atoms with Gasteiger partial charge in [-0.1, -0.05) is 41.5 Å². The predicted molar refractivity (Wildman–Crippen MR) is 107 cm³/mol. The number of ether oxygens (including phenoxy) is 2. The fraction of sp³-hybridized carbons (Fsp3) is 1.00. The third kappa shape index (κ3) is 4.23. The van der Waals surface area contributed by atoms with Crippen molar-refractivity contribution in [1.29, 1.82) is 0 Å². The van der Waals surface area contributed by atoms with Crippen molar-refractivity contribution in [3.8, 4) is 0 Å². The maximum absolute atomic E-state index is 6.68. The Morgan fingerprint density at radius 3 is 1.72 bits per heavy atom. The van der Waals surface area contributed by atoms with Gasteiger partial charge in [0.25, 0.3) is 0 Å². The first-order valence-corrected chi connectivity index (χ1v) is 15.3.